The van der Waals surface area contributed by atoms with Crippen LogP contribution in [-0.2, 0) is 7.05 Å². The number of nitrogens with one attached hydrogen (secondary N) is 1. The van der Waals surface area contributed by atoms with Gasteiger partial charge in [-0.05, 0) is 36.8 Å². The molecule has 2 heterocycles. The Morgan fingerprint density at radius 3 is 2.48 bits per heavy atom. The second kappa shape index (κ2) is 8.26. The molecular formula is C22H24N4O3. The third-order valence-electron chi connectivity index (χ3n) is 5.16. The van der Waals surface area contributed by atoms with E-state index in [0.717, 1.165) is 16.6 Å². The van der Waals surface area contributed by atoms with Crippen molar-refractivity contribution < 1.29 is 14.3 Å². The van der Waals surface area contributed by atoms with Crippen molar-refractivity contribution in [2.75, 3.05) is 31.5 Å². The smallest absolute Gasteiger partial charge is 0.410 e. The summed E-state index contributed by atoms with van der Waals surface area (Å²) in [5, 5.41) is 4.02. The van der Waals surface area contributed by atoms with Crippen molar-refractivity contribution in [2.24, 2.45) is 7.05 Å². The zero-order chi connectivity index (χ0) is 20.2. The summed E-state index contributed by atoms with van der Waals surface area (Å²) in [6.45, 7) is 2.05. The molecule has 1 aromatic heterocycles. The highest BCUT2D eigenvalue weighted by Crippen LogP contribution is 2.24. The maximum Gasteiger partial charge on any atom is 0.415 e. The fourth-order valence-corrected chi connectivity index (χ4v) is 3.56. The lowest BCUT2D eigenvalue weighted by atomic mass is 10.2. The van der Waals surface area contributed by atoms with E-state index in [1.54, 1.807) is 21.9 Å². The lowest BCUT2D eigenvalue weighted by molar-refractivity contribution is 0.153. The minimum atomic E-state index is -0.382. The van der Waals surface area contributed by atoms with E-state index in [1.807, 2.05) is 60.3 Å². The van der Waals surface area contributed by atoms with Crippen molar-refractivity contribution in [1.82, 2.24) is 14.4 Å². The molecule has 0 atom stereocenters. The second-order valence-corrected chi connectivity index (χ2v) is 7.10. The highest BCUT2D eigenvalue weighted by Gasteiger charge is 2.23. The number of urea groups is 1. The molecule has 0 saturated carbocycles. The average molecular weight is 392 g/mol. The molecule has 1 fully saturated rings. The van der Waals surface area contributed by atoms with Crippen LogP contribution in [0, 0.1) is 0 Å². The molecule has 29 heavy (non-hydrogen) atoms. The standard InChI is InChI=1S/C22H24N4O3/c1-24-14-11-18-19(9-5-10-20(18)24)23-21(27)25-12-6-13-26(16-15-25)22(28)29-17-7-3-2-4-8-17/h2-5,7-11,14H,6,12-13,15-16H2,1H3,(H,23,27). The van der Waals surface area contributed by atoms with Gasteiger partial charge in [0, 0.05) is 50.3 Å². The number of anilines is 1. The van der Waals surface area contributed by atoms with Gasteiger partial charge in [-0.1, -0.05) is 24.3 Å². The van der Waals surface area contributed by atoms with E-state index in [1.165, 1.54) is 0 Å². The number of benzene rings is 2. The first-order chi connectivity index (χ1) is 14.1. The summed E-state index contributed by atoms with van der Waals surface area (Å²) in [5.41, 5.74) is 1.85. The van der Waals surface area contributed by atoms with Gasteiger partial charge in [-0.3, -0.25) is 0 Å². The van der Waals surface area contributed by atoms with Crippen molar-refractivity contribution in [3.8, 4) is 5.75 Å². The number of para-hydroxylation sites is 1. The third-order valence-corrected chi connectivity index (χ3v) is 5.16. The molecule has 3 aromatic rings. The van der Waals surface area contributed by atoms with Gasteiger partial charge in [0.25, 0.3) is 0 Å². The van der Waals surface area contributed by atoms with E-state index in [-0.39, 0.29) is 12.1 Å². The Hall–Kier alpha value is -3.48. The van der Waals surface area contributed by atoms with Crippen molar-refractivity contribution in [3.63, 3.8) is 0 Å². The largest absolute Gasteiger partial charge is 0.415 e. The number of hydrogen-bond donors (Lipinski definition) is 1. The monoisotopic (exact) mass is 392 g/mol. The van der Waals surface area contributed by atoms with Gasteiger partial charge in [0.1, 0.15) is 5.75 Å². The van der Waals surface area contributed by atoms with Gasteiger partial charge in [0.05, 0.1) is 5.69 Å². The summed E-state index contributed by atoms with van der Waals surface area (Å²) in [6.07, 6.45) is 2.29. The second-order valence-electron chi connectivity index (χ2n) is 7.10. The number of hydrogen-bond acceptors (Lipinski definition) is 3. The molecule has 0 bridgehead atoms. The van der Waals surface area contributed by atoms with Crippen LogP contribution in [0.15, 0.2) is 60.8 Å². The van der Waals surface area contributed by atoms with Crippen LogP contribution in [0.25, 0.3) is 10.9 Å². The number of nitrogens with zero attached hydrogens (tertiary/aromatic N) is 3. The Morgan fingerprint density at radius 2 is 1.66 bits per heavy atom. The molecule has 0 spiro atoms. The summed E-state index contributed by atoms with van der Waals surface area (Å²) >= 11 is 0. The van der Waals surface area contributed by atoms with E-state index < -0.39 is 0 Å². The zero-order valence-corrected chi connectivity index (χ0v) is 16.4. The van der Waals surface area contributed by atoms with E-state index in [9.17, 15) is 9.59 Å². The molecule has 150 valence electrons. The van der Waals surface area contributed by atoms with Gasteiger partial charge in [-0.25, -0.2) is 9.59 Å². The van der Waals surface area contributed by atoms with Crippen LogP contribution in [0.5, 0.6) is 5.75 Å². The molecule has 1 aliphatic heterocycles. The Bertz CT molecular complexity index is 1020. The highest BCUT2D eigenvalue weighted by molar-refractivity contribution is 6.00. The van der Waals surface area contributed by atoms with E-state index >= 15 is 0 Å². The van der Waals surface area contributed by atoms with Gasteiger partial charge < -0.3 is 24.4 Å². The van der Waals surface area contributed by atoms with Crippen molar-refractivity contribution >= 4 is 28.7 Å². The van der Waals surface area contributed by atoms with Crippen LogP contribution in [-0.4, -0.2) is 52.7 Å². The number of aromatic nitrogens is 1. The van der Waals surface area contributed by atoms with Crippen LogP contribution in [0.4, 0.5) is 15.3 Å². The fraction of sp³-hybridized carbons (Fsp3) is 0.273. The van der Waals surface area contributed by atoms with Gasteiger partial charge in [-0.15, -0.1) is 0 Å². The molecule has 1 saturated heterocycles. The lowest BCUT2D eigenvalue weighted by Crippen LogP contribution is -2.40. The first-order valence-electron chi connectivity index (χ1n) is 9.73. The number of ether oxygens (including phenoxy) is 1. The topological polar surface area (TPSA) is 66.8 Å². The molecule has 1 aliphatic rings. The number of amides is 3. The van der Waals surface area contributed by atoms with Crippen molar-refractivity contribution in [2.45, 2.75) is 6.42 Å². The lowest BCUT2D eigenvalue weighted by Gasteiger charge is -2.22. The van der Waals surface area contributed by atoms with Crippen LogP contribution in [0.2, 0.25) is 0 Å². The molecule has 7 nitrogen and oxygen atoms in total. The van der Waals surface area contributed by atoms with Gasteiger partial charge >= 0.3 is 12.1 Å². The summed E-state index contributed by atoms with van der Waals surface area (Å²) in [7, 11) is 1.98. The quantitative estimate of drug-likeness (QED) is 0.719. The number of rotatable bonds is 2. The third kappa shape index (κ3) is 4.18. The Morgan fingerprint density at radius 1 is 0.897 bits per heavy atom. The molecule has 0 radical (unpaired) electrons. The maximum absolute atomic E-state index is 12.8. The highest BCUT2D eigenvalue weighted by atomic mass is 16.6. The van der Waals surface area contributed by atoms with Gasteiger partial charge in [-0.2, -0.15) is 0 Å². The summed E-state index contributed by atoms with van der Waals surface area (Å²) in [4.78, 5) is 28.6. The number of carbonyl (C=O) groups is 2. The molecule has 0 aliphatic carbocycles. The first kappa shape index (κ1) is 18.9. The molecule has 0 unspecified atom stereocenters. The Kier molecular flexibility index (Phi) is 5.37. The summed E-state index contributed by atoms with van der Waals surface area (Å²) < 4.78 is 7.44. The van der Waals surface area contributed by atoms with Crippen LogP contribution in [0.1, 0.15) is 6.42 Å². The average Bonchev–Trinajstić information content (AvgIpc) is 2.95. The van der Waals surface area contributed by atoms with Crippen LogP contribution < -0.4 is 10.1 Å². The van der Waals surface area contributed by atoms with E-state index in [0.29, 0.717) is 38.3 Å². The van der Waals surface area contributed by atoms with Gasteiger partial charge in [0.2, 0.25) is 0 Å². The molecule has 2 aromatic carbocycles. The molecule has 1 N–H and O–H groups in total. The van der Waals surface area contributed by atoms with E-state index in [2.05, 4.69) is 5.32 Å². The summed E-state index contributed by atoms with van der Waals surface area (Å²) in [5.74, 6) is 0.521. The van der Waals surface area contributed by atoms with Crippen LogP contribution >= 0.6 is 0 Å². The molecule has 7 heteroatoms. The zero-order valence-electron chi connectivity index (χ0n) is 16.4. The number of fused-ring (bicyclic) bond motifs is 1. The molecule has 3 amide bonds. The SMILES string of the molecule is Cn1ccc2c(NC(=O)N3CCCN(C(=O)Oc4ccccc4)CC3)cccc21. The number of carbonyl (C=O) groups excluding carboxylic acids is 2. The Labute approximate surface area is 169 Å². The first-order valence-corrected chi connectivity index (χ1v) is 9.73. The van der Waals surface area contributed by atoms with Crippen LogP contribution in [0.3, 0.4) is 0 Å². The minimum Gasteiger partial charge on any atom is -0.410 e. The molecular weight excluding hydrogens is 368 g/mol. The van der Waals surface area contributed by atoms with Crippen molar-refractivity contribution in [1.29, 1.82) is 0 Å². The van der Waals surface area contributed by atoms with Gasteiger partial charge in [0.15, 0.2) is 0 Å². The minimum absolute atomic E-state index is 0.153. The Balaban J connectivity index is 1.37. The predicted molar refractivity (Wildman–Crippen MR) is 112 cm³/mol. The number of aryl methyl sites for hydroxylation is 1. The van der Waals surface area contributed by atoms with E-state index in [4.69, 9.17) is 4.74 Å². The normalized spacial score (nSPS) is 14.5. The predicted octanol–water partition coefficient (Wildman–Crippen LogP) is 3.92. The maximum atomic E-state index is 12.8. The van der Waals surface area contributed by atoms with Crippen molar-refractivity contribution in [3.05, 3.63) is 60.8 Å². The summed E-state index contributed by atoms with van der Waals surface area (Å²) in [6, 6.07) is 16.7. The fourth-order valence-electron chi connectivity index (χ4n) is 3.56. The molecule has 4 rings (SSSR count).